The summed E-state index contributed by atoms with van der Waals surface area (Å²) in [6.07, 6.45) is 4.24. The van der Waals surface area contributed by atoms with E-state index in [1.165, 1.54) is 6.08 Å². The molecule has 1 aliphatic rings. The first-order valence-electron chi connectivity index (χ1n) is 4.97. The van der Waals surface area contributed by atoms with E-state index in [1.54, 1.807) is 6.20 Å². The van der Waals surface area contributed by atoms with E-state index in [0.29, 0.717) is 13.2 Å². The van der Waals surface area contributed by atoms with Gasteiger partial charge in [0.1, 0.15) is 5.82 Å². The van der Waals surface area contributed by atoms with Crippen LogP contribution in [-0.4, -0.2) is 29.2 Å². The molecule has 0 spiro atoms. The number of halogens is 1. The molecule has 0 saturated carbocycles. The van der Waals surface area contributed by atoms with Crippen molar-refractivity contribution in [2.24, 2.45) is 0 Å². The van der Waals surface area contributed by atoms with Crippen molar-refractivity contribution in [2.75, 3.05) is 18.5 Å². The molecule has 0 fully saturated rings. The first kappa shape index (κ1) is 13.5. The smallest absolute Gasteiger partial charge is 0.328 e. The molecule has 2 heterocycles. The minimum absolute atomic E-state index is 0. The summed E-state index contributed by atoms with van der Waals surface area (Å²) in [6, 6.07) is 1.88. The second-order valence-corrected chi connectivity index (χ2v) is 3.43. The predicted octanol–water partition coefficient (Wildman–Crippen LogP) is 1.54. The molecule has 0 saturated heterocycles. The third kappa shape index (κ3) is 3.72. The van der Waals surface area contributed by atoms with E-state index in [2.05, 4.69) is 10.3 Å². The second-order valence-electron chi connectivity index (χ2n) is 3.43. The number of carboxylic acid groups (broad SMARTS) is 1. The first-order valence-corrected chi connectivity index (χ1v) is 4.97. The molecular weight excluding hydrogens is 244 g/mol. The van der Waals surface area contributed by atoms with Crippen LogP contribution >= 0.6 is 12.4 Å². The van der Waals surface area contributed by atoms with Crippen molar-refractivity contribution >= 4 is 30.3 Å². The Kier molecular flexibility index (Phi) is 4.93. The van der Waals surface area contributed by atoms with Crippen LogP contribution in [0.25, 0.3) is 6.08 Å². The number of carboxylic acids is 1. The summed E-state index contributed by atoms with van der Waals surface area (Å²) in [5.41, 5.74) is 1.71. The largest absolute Gasteiger partial charge is 0.478 e. The van der Waals surface area contributed by atoms with Gasteiger partial charge in [-0.15, -0.1) is 12.4 Å². The lowest BCUT2D eigenvalue weighted by molar-refractivity contribution is -0.131. The Hall–Kier alpha value is -1.59. The molecule has 6 heteroatoms. The van der Waals surface area contributed by atoms with Gasteiger partial charge < -0.3 is 15.2 Å². The molecule has 0 bridgehead atoms. The lowest BCUT2D eigenvalue weighted by Crippen LogP contribution is -2.05. The fourth-order valence-electron chi connectivity index (χ4n) is 1.48. The van der Waals surface area contributed by atoms with Crippen molar-refractivity contribution < 1.29 is 14.6 Å². The number of rotatable bonds is 2. The van der Waals surface area contributed by atoms with Crippen molar-refractivity contribution in [3.05, 3.63) is 29.5 Å². The maximum absolute atomic E-state index is 10.4. The number of ether oxygens (including phenoxy) is 1. The van der Waals surface area contributed by atoms with Gasteiger partial charge in [-0.3, -0.25) is 0 Å². The molecule has 1 aromatic heterocycles. The average molecular weight is 257 g/mol. The third-order valence-corrected chi connectivity index (χ3v) is 2.20. The molecule has 1 aromatic rings. The van der Waals surface area contributed by atoms with Crippen molar-refractivity contribution in [3.63, 3.8) is 0 Å². The first-order chi connectivity index (χ1) is 7.75. The molecule has 0 radical (unpaired) electrons. The molecule has 92 valence electrons. The van der Waals surface area contributed by atoms with Crippen LogP contribution in [0, 0.1) is 0 Å². The highest BCUT2D eigenvalue weighted by molar-refractivity contribution is 5.85. The summed E-state index contributed by atoms with van der Waals surface area (Å²) >= 11 is 0. The fourth-order valence-corrected chi connectivity index (χ4v) is 1.48. The van der Waals surface area contributed by atoms with Crippen LogP contribution in [-0.2, 0) is 16.1 Å². The van der Waals surface area contributed by atoms with Gasteiger partial charge in [-0.2, -0.15) is 0 Å². The van der Waals surface area contributed by atoms with Gasteiger partial charge in [0.2, 0.25) is 0 Å². The Labute approximate surface area is 105 Å². The van der Waals surface area contributed by atoms with E-state index >= 15 is 0 Å². The molecule has 0 amide bonds. The van der Waals surface area contributed by atoms with Crippen LogP contribution in [0.15, 0.2) is 18.3 Å². The van der Waals surface area contributed by atoms with Crippen LogP contribution < -0.4 is 5.32 Å². The number of nitrogens with one attached hydrogen (secondary N) is 1. The number of aromatic nitrogens is 1. The summed E-state index contributed by atoms with van der Waals surface area (Å²) in [4.78, 5) is 14.6. The van der Waals surface area contributed by atoms with Gasteiger partial charge in [0.25, 0.3) is 0 Å². The summed E-state index contributed by atoms with van der Waals surface area (Å²) in [7, 11) is 0. The maximum Gasteiger partial charge on any atom is 0.328 e. The second kappa shape index (κ2) is 6.22. The zero-order valence-corrected chi connectivity index (χ0v) is 9.87. The summed E-state index contributed by atoms with van der Waals surface area (Å²) in [6.45, 7) is 1.89. The minimum Gasteiger partial charge on any atom is -0.478 e. The number of nitrogens with zero attached hydrogens (tertiary/aromatic N) is 1. The standard InChI is InChI=1S/C11H12N2O3.ClH/c14-10(15)2-1-8-5-9-7-16-4-3-12-11(9)13-6-8;/h1-2,5-6H,3-4,7H2,(H,12,13)(H,14,15);1H/b2-1+;. The third-order valence-electron chi connectivity index (χ3n) is 2.20. The average Bonchev–Trinajstić information content (AvgIpc) is 2.50. The predicted molar refractivity (Wildman–Crippen MR) is 66.3 cm³/mol. The summed E-state index contributed by atoms with van der Waals surface area (Å²) in [5.74, 6) is -0.158. The molecule has 0 unspecified atom stereocenters. The van der Waals surface area contributed by atoms with E-state index in [0.717, 1.165) is 29.6 Å². The molecule has 0 atom stereocenters. The lowest BCUT2D eigenvalue weighted by Gasteiger charge is -2.05. The van der Waals surface area contributed by atoms with Gasteiger partial charge >= 0.3 is 5.97 Å². The van der Waals surface area contributed by atoms with Gasteiger partial charge in [0, 0.05) is 24.4 Å². The number of aliphatic carboxylic acids is 1. The van der Waals surface area contributed by atoms with Crippen molar-refractivity contribution in [3.8, 4) is 0 Å². The van der Waals surface area contributed by atoms with Crippen LogP contribution in [0.4, 0.5) is 5.82 Å². The number of hydrogen-bond donors (Lipinski definition) is 2. The van der Waals surface area contributed by atoms with Gasteiger partial charge in [0.05, 0.1) is 13.2 Å². The van der Waals surface area contributed by atoms with E-state index < -0.39 is 5.97 Å². The normalized spacial score (nSPS) is 14.4. The van der Waals surface area contributed by atoms with Crippen LogP contribution in [0.1, 0.15) is 11.1 Å². The maximum atomic E-state index is 10.4. The van der Waals surface area contributed by atoms with Crippen LogP contribution in [0.2, 0.25) is 0 Å². The number of fused-ring (bicyclic) bond motifs is 1. The van der Waals surface area contributed by atoms with Gasteiger partial charge in [-0.05, 0) is 17.7 Å². The number of anilines is 1. The van der Waals surface area contributed by atoms with Crippen molar-refractivity contribution in [1.29, 1.82) is 0 Å². The molecule has 0 aromatic carbocycles. The SMILES string of the molecule is Cl.O=C(O)/C=C/c1cnc2c(c1)COCCN2. The number of pyridine rings is 1. The van der Waals surface area contributed by atoms with Gasteiger partial charge in [-0.1, -0.05) is 0 Å². The highest BCUT2D eigenvalue weighted by Gasteiger charge is 2.08. The molecule has 2 rings (SSSR count). The Morgan fingerprint density at radius 1 is 1.59 bits per heavy atom. The van der Waals surface area contributed by atoms with Crippen molar-refractivity contribution in [2.45, 2.75) is 6.61 Å². The summed E-state index contributed by atoms with van der Waals surface area (Å²) in [5, 5.41) is 11.7. The molecule has 5 nitrogen and oxygen atoms in total. The number of hydrogen-bond acceptors (Lipinski definition) is 4. The van der Waals surface area contributed by atoms with Crippen molar-refractivity contribution in [1.82, 2.24) is 4.98 Å². The highest BCUT2D eigenvalue weighted by atomic mass is 35.5. The molecule has 2 N–H and O–H groups in total. The molecule has 0 aliphatic carbocycles. The minimum atomic E-state index is -0.968. The zero-order valence-electron chi connectivity index (χ0n) is 9.05. The van der Waals surface area contributed by atoms with E-state index in [-0.39, 0.29) is 12.4 Å². The fraction of sp³-hybridized carbons (Fsp3) is 0.273. The highest BCUT2D eigenvalue weighted by Crippen LogP contribution is 2.18. The van der Waals surface area contributed by atoms with Crippen LogP contribution in [0.3, 0.4) is 0 Å². The van der Waals surface area contributed by atoms with E-state index in [4.69, 9.17) is 9.84 Å². The Morgan fingerprint density at radius 3 is 3.18 bits per heavy atom. The molecular formula is C11H13ClN2O3. The molecule has 17 heavy (non-hydrogen) atoms. The quantitative estimate of drug-likeness (QED) is 0.786. The van der Waals surface area contributed by atoms with Gasteiger partial charge in [0.15, 0.2) is 0 Å². The Balaban J connectivity index is 0.00000144. The Bertz CT molecular complexity index is 435. The lowest BCUT2D eigenvalue weighted by atomic mass is 10.2. The Morgan fingerprint density at radius 2 is 2.41 bits per heavy atom. The summed E-state index contributed by atoms with van der Waals surface area (Å²) < 4.78 is 5.36. The van der Waals surface area contributed by atoms with E-state index in [1.807, 2.05) is 6.07 Å². The number of carbonyl (C=O) groups is 1. The van der Waals surface area contributed by atoms with Gasteiger partial charge in [-0.25, -0.2) is 9.78 Å². The molecule has 1 aliphatic heterocycles. The topological polar surface area (TPSA) is 71.5 Å². The zero-order chi connectivity index (χ0) is 11.4. The van der Waals surface area contributed by atoms with Crippen LogP contribution in [0.5, 0.6) is 0 Å². The monoisotopic (exact) mass is 256 g/mol. The van der Waals surface area contributed by atoms with E-state index in [9.17, 15) is 4.79 Å².